The van der Waals surface area contributed by atoms with E-state index >= 15 is 0 Å². The molecule has 2 aromatic rings. The van der Waals surface area contributed by atoms with Crippen LogP contribution in [0.4, 0.5) is 32.3 Å². The van der Waals surface area contributed by atoms with Crippen LogP contribution in [0.5, 0.6) is 0 Å². The minimum atomic E-state index is -5.18. The molecule has 134 valence electrons. The second-order valence-electron chi connectivity index (χ2n) is 5.04. The summed E-state index contributed by atoms with van der Waals surface area (Å²) in [5, 5.41) is 14.7. The molecule has 2 aromatic heterocycles. The molecule has 3 rings (SSSR count). The Hall–Kier alpha value is -2.21. The van der Waals surface area contributed by atoms with Gasteiger partial charge in [0.15, 0.2) is 5.69 Å². The lowest BCUT2D eigenvalue weighted by atomic mass is 10.1. The number of alkyl halides is 6. The largest absolute Gasteiger partial charge is 0.438 e. The lowest BCUT2D eigenvalue weighted by Gasteiger charge is -2.32. The van der Waals surface area contributed by atoms with Crippen LogP contribution in [0.15, 0.2) is 28.7 Å². The molecule has 0 radical (unpaired) electrons. The quantitative estimate of drug-likeness (QED) is 0.806. The fraction of sp³-hybridized carbons (Fsp3) is 0.308. The van der Waals surface area contributed by atoms with Crippen molar-refractivity contribution in [3.63, 3.8) is 0 Å². The van der Waals surface area contributed by atoms with Gasteiger partial charge in [-0.25, -0.2) is 9.97 Å². The molecule has 1 N–H and O–H groups in total. The van der Waals surface area contributed by atoms with Crippen molar-refractivity contribution in [3.8, 4) is 10.6 Å². The summed E-state index contributed by atoms with van der Waals surface area (Å²) in [6, 6.07) is 3.64. The lowest BCUT2D eigenvalue weighted by molar-refractivity contribution is -0.254. The second-order valence-corrected chi connectivity index (χ2v) is 5.99. The highest BCUT2D eigenvalue weighted by molar-refractivity contribution is 7.13. The van der Waals surface area contributed by atoms with E-state index in [2.05, 4.69) is 15.1 Å². The molecular weight excluding hydrogens is 374 g/mol. The topological polar surface area (TPSA) is 61.6 Å². The maximum Gasteiger partial charge on any atom is 0.438 e. The van der Waals surface area contributed by atoms with Crippen LogP contribution in [0.1, 0.15) is 12.1 Å². The average molecular weight is 382 g/mol. The molecule has 3 heterocycles. The highest BCUT2D eigenvalue weighted by Crippen LogP contribution is 2.41. The van der Waals surface area contributed by atoms with Crippen molar-refractivity contribution in [2.45, 2.75) is 24.5 Å². The van der Waals surface area contributed by atoms with Crippen molar-refractivity contribution in [2.24, 2.45) is 5.10 Å². The maximum absolute atomic E-state index is 13.1. The smallest absolute Gasteiger partial charge is 0.362 e. The van der Waals surface area contributed by atoms with Crippen molar-refractivity contribution >= 4 is 23.5 Å². The normalized spacial score (nSPS) is 21.2. The van der Waals surface area contributed by atoms with E-state index in [1.807, 2.05) is 0 Å². The zero-order valence-electron chi connectivity index (χ0n) is 12.0. The second kappa shape index (κ2) is 5.66. The standard InChI is InChI=1S/C13H8F6N4OS/c14-12(15,16)9-6-7(8-2-1-5-25-8)21-10(22-9)23-11(24,3-4-20-23)13(17,18)19/h1-2,4-6,24H,3H2/t11-/m1/s1. The van der Waals surface area contributed by atoms with Gasteiger partial charge in [0.25, 0.3) is 5.72 Å². The summed E-state index contributed by atoms with van der Waals surface area (Å²) in [6.07, 6.45) is -10.3. The van der Waals surface area contributed by atoms with Crippen molar-refractivity contribution in [1.29, 1.82) is 0 Å². The number of thiophene rings is 1. The van der Waals surface area contributed by atoms with Crippen LogP contribution in [0.25, 0.3) is 10.6 Å². The first-order valence-corrected chi connectivity index (χ1v) is 7.52. The zero-order valence-corrected chi connectivity index (χ0v) is 12.8. The number of nitrogens with zero attached hydrogens (tertiary/aromatic N) is 4. The van der Waals surface area contributed by atoms with Gasteiger partial charge in [0.1, 0.15) is 0 Å². The third-order valence-corrected chi connectivity index (χ3v) is 4.24. The number of anilines is 1. The highest BCUT2D eigenvalue weighted by Gasteiger charge is 2.61. The van der Waals surface area contributed by atoms with E-state index in [1.165, 1.54) is 6.07 Å². The van der Waals surface area contributed by atoms with Crippen LogP contribution in [-0.2, 0) is 6.18 Å². The summed E-state index contributed by atoms with van der Waals surface area (Å²) in [5.74, 6) is -0.994. The monoisotopic (exact) mass is 382 g/mol. The Bertz CT molecular complexity index is 804. The van der Waals surface area contributed by atoms with E-state index < -0.39 is 36.1 Å². The molecule has 0 aliphatic carbocycles. The molecule has 5 nitrogen and oxygen atoms in total. The molecule has 0 spiro atoms. The van der Waals surface area contributed by atoms with Gasteiger partial charge in [-0.05, 0) is 17.5 Å². The fourth-order valence-electron chi connectivity index (χ4n) is 2.11. The van der Waals surface area contributed by atoms with Gasteiger partial charge in [-0.15, -0.1) is 11.3 Å². The van der Waals surface area contributed by atoms with Gasteiger partial charge in [0, 0.05) is 12.6 Å². The van der Waals surface area contributed by atoms with Crippen molar-refractivity contribution in [1.82, 2.24) is 9.97 Å². The number of hydrogen-bond acceptors (Lipinski definition) is 6. The van der Waals surface area contributed by atoms with Crippen LogP contribution < -0.4 is 5.01 Å². The first-order chi connectivity index (χ1) is 11.5. The Morgan fingerprint density at radius 1 is 1.16 bits per heavy atom. The molecule has 0 aromatic carbocycles. The van der Waals surface area contributed by atoms with E-state index in [4.69, 9.17) is 0 Å². The lowest BCUT2D eigenvalue weighted by Crippen LogP contribution is -2.55. The molecule has 0 bridgehead atoms. The van der Waals surface area contributed by atoms with Crippen LogP contribution in [0.3, 0.4) is 0 Å². The first kappa shape index (κ1) is 17.6. The summed E-state index contributed by atoms with van der Waals surface area (Å²) in [5.41, 5.74) is -5.17. The summed E-state index contributed by atoms with van der Waals surface area (Å²) in [4.78, 5) is 7.16. The average Bonchev–Trinajstić information content (AvgIpc) is 3.15. The number of hydrogen-bond donors (Lipinski definition) is 1. The Labute approximate surface area is 140 Å². The summed E-state index contributed by atoms with van der Waals surface area (Å²) in [6.45, 7) is 0. The van der Waals surface area contributed by atoms with Crippen LogP contribution in [-0.4, -0.2) is 33.2 Å². The maximum atomic E-state index is 13.1. The van der Waals surface area contributed by atoms with Gasteiger partial charge in [-0.1, -0.05) is 6.07 Å². The SMILES string of the molecule is O[C@@]1(C(F)(F)F)CC=NN1c1nc(-c2cccs2)cc(C(F)(F)F)n1. The molecule has 25 heavy (non-hydrogen) atoms. The third kappa shape index (κ3) is 3.06. The molecule has 1 aliphatic rings. The molecule has 1 aliphatic heterocycles. The van der Waals surface area contributed by atoms with E-state index in [-0.39, 0.29) is 10.7 Å². The van der Waals surface area contributed by atoms with E-state index in [0.29, 0.717) is 10.9 Å². The van der Waals surface area contributed by atoms with Crippen LogP contribution in [0.2, 0.25) is 0 Å². The number of aliphatic hydroxyl groups is 1. The van der Waals surface area contributed by atoms with Crippen molar-refractivity contribution < 1.29 is 31.4 Å². The number of rotatable bonds is 2. The van der Waals surface area contributed by atoms with Crippen LogP contribution in [0, 0.1) is 0 Å². The Morgan fingerprint density at radius 2 is 1.88 bits per heavy atom. The number of aromatic nitrogens is 2. The van der Waals surface area contributed by atoms with Crippen LogP contribution >= 0.6 is 11.3 Å². The zero-order chi connectivity index (χ0) is 18.5. The van der Waals surface area contributed by atoms with Gasteiger partial charge in [0.2, 0.25) is 5.95 Å². The van der Waals surface area contributed by atoms with Crippen molar-refractivity contribution in [2.75, 3.05) is 5.01 Å². The number of halogens is 6. The summed E-state index contributed by atoms with van der Waals surface area (Å²) >= 11 is 1.05. The van der Waals surface area contributed by atoms with E-state index in [0.717, 1.165) is 17.6 Å². The van der Waals surface area contributed by atoms with Crippen molar-refractivity contribution in [3.05, 3.63) is 29.3 Å². The Balaban J connectivity index is 2.16. The molecule has 0 saturated carbocycles. The minimum absolute atomic E-state index is 0.0423. The number of hydrazone groups is 1. The molecule has 0 unspecified atom stereocenters. The highest BCUT2D eigenvalue weighted by atomic mass is 32.1. The van der Waals surface area contributed by atoms with Gasteiger partial charge in [-0.2, -0.15) is 36.5 Å². The van der Waals surface area contributed by atoms with Gasteiger partial charge in [0.05, 0.1) is 10.6 Å². The summed E-state index contributed by atoms with van der Waals surface area (Å²) in [7, 11) is 0. The van der Waals surface area contributed by atoms with Gasteiger partial charge >= 0.3 is 12.4 Å². The first-order valence-electron chi connectivity index (χ1n) is 6.64. The predicted octanol–water partition coefficient (Wildman–Crippen LogP) is 3.67. The summed E-state index contributed by atoms with van der Waals surface area (Å²) < 4.78 is 78.6. The minimum Gasteiger partial charge on any atom is -0.362 e. The predicted molar refractivity (Wildman–Crippen MR) is 76.9 cm³/mol. The molecular formula is C13H8F6N4OS. The third-order valence-electron chi connectivity index (χ3n) is 3.35. The Morgan fingerprint density at radius 3 is 2.44 bits per heavy atom. The molecule has 0 amide bonds. The van der Waals surface area contributed by atoms with E-state index in [9.17, 15) is 31.4 Å². The molecule has 0 saturated heterocycles. The van der Waals surface area contributed by atoms with Gasteiger partial charge in [-0.3, -0.25) is 0 Å². The fourth-order valence-corrected chi connectivity index (χ4v) is 2.80. The van der Waals surface area contributed by atoms with E-state index in [1.54, 1.807) is 11.4 Å². The van der Waals surface area contributed by atoms with Gasteiger partial charge < -0.3 is 5.11 Å². The molecule has 1 atom stereocenters. The molecule has 12 heteroatoms. The Kier molecular flexibility index (Phi) is 3.99. The molecule has 0 fully saturated rings.